The molecule has 2 aromatic carbocycles. The largest absolute Gasteiger partial charge is 0.296 e. The number of rotatable bonds is 2. The van der Waals surface area contributed by atoms with Crippen LogP contribution in [0.2, 0.25) is 20.1 Å². The first kappa shape index (κ1) is 20.6. The number of likely N-dealkylation sites (tertiary alicyclic amines) is 1. The van der Waals surface area contributed by atoms with Crippen LogP contribution in [-0.4, -0.2) is 27.0 Å². The van der Waals surface area contributed by atoms with Crippen LogP contribution in [0.4, 0.5) is 0 Å². The summed E-state index contributed by atoms with van der Waals surface area (Å²) in [4.78, 5) is 20.5. The summed E-state index contributed by atoms with van der Waals surface area (Å²) in [5.41, 5.74) is 1.64. The smallest absolute Gasteiger partial charge is 0.261 e. The lowest BCUT2D eigenvalue weighted by atomic mass is 9.83. The predicted molar refractivity (Wildman–Crippen MR) is 123 cm³/mol. The van der Waals surface area contributed by atoms with Crippen molar-refractivity contribution in [2.24, 2.45) is 0 Å². The SMILES string of the molecule is O=c1c2cc(Cl)c(Cl)cc2nc2n1CC[C@@H]1[C@@H]2CCCN1Cc1ccc(Cl)cc1Cl. The van der Waals surface area contributed by atoms with Gasteiger partial charge in [0.15, 0.2) is 0 Å². The minimum absolute atomic E-state index is 0.0371. The molecule has 3 aromatic rings. The Bertz CT molecular complexity index is 1210. The molecule has 0 radical (unpaired) electrons. The molecule has 0 aliphatic carbocycles. The molecule has 3 heterocycles. The molecular formula is C22H19Cl4N3O. The van der Waals surface area contributed by atoms with Gasteiger partial charge in [0.2, 0.25) is 0 Å². The van der Waals surface area contributed by atoms with E-state index in [9.17, 15) is 4.79 Å². The molecule has 0 bridgehead atoms. The molecule has 0 N–H and O–H groups in total. The van der Waals surface area contributed by atoms with Crippen LogP contribution in [0.25, 0.3) is 10.9 Å². The molecule has 0 unspecified atom stereocenters. The fraction of sp³-hybridized carbons (Fsp3) is 0.364. The summed E-state index contributed by atoms with van der Waals surface area (Å²) in [6.07, 6.45) is 2.95. The topological polar surface area (TPSA) is 38.1 Å². The van der Waals surface area contributed by atoms with Crippen LogP contribution in [-0.2, 0) is 13.1 Å². The number of nitrogens with zero attached hydrogens (tertiary/aromatic N) is 3. The zero-order chi connectivity index (χ0) is 21.0. The molecule has 1 aromatic heterocycles. The number of halogens is 4. The Hall–Kier alpha value is -1.30. The first-order chi connectivity index (χ1) is 14.4. The monoisotopic (exact) mass is 481 g/mol. The molecule has 0 spiro atoms. The molecule has 2 atom stereocenters. The summed E-state index contributed by atoms with van der Waals surface area (Å²) < 4.78 is 1.83. The van der Waals surface area contributed by atoms with Crippen LogP contribution in [0.15, 0.2) is 35.1 Å². The molecule has 2 aliphatic heterocycles. The van der Waals surface area contributed by atoms with Gasteiger partial charge in [-0.05, 0) is 55.6 Å². The average molecular weight is 483 g/mol. The molecule has 0 amide bonds. The van der Waals surface area contributed by atoms with E-state index in [1.165, 1.54) is 0 Å². The van der Waals surface area contributed by atoms with Gasteiger partial charge >= 0.3 is 0 Å². The van der Waals surface area contributed by atoms with E-state index in [0.717, 1.165) is 43.7 Å². The van der Waals surface area contributed by atoms with Crippen molar-refractivity contribution in [3.63, 3.8) is 0 Å². The van der Waals surface area contributed by atoms with Gasteiger partial charge in [0.05, 0.1) is 20.9 Å². The number of fused-ring (bicyclic) bond motifs is 4. The van der Waals surface area contributed by atoms with Gasteiger partial charge in [-0.1, -0.05) is 52.5 Å². The quantitative estimate of drug-likeness (QED) is 0.438. The van der Waals surface area contributed by atoms with Crippen molar-refractivity contribution in [3.05, 3.63) is 72.2 Å². The molecule has 1 saturated heterocycles. The lowest BCUT2D eigenvalue weighted by Gasteiger charge is -2.44. The highest BCUT2D eigenvalue weighted by atomic mass is 35.5. The second-order valence-corrected chi connectivity index (χ2v) is 9.68. The second kappa shape index (κ2) is 7.99. The molecule has 1 fully saturated rings. The van der Waals surface area contributed by atoms with Crippen LogP contribution in [0, 0.1) is 0 Å². The highest BCUT2D eigenvalue weighted by molar-refractivity contribution is 6.42. The van der Waals surface area contributed by atoms with Gasteiger partial charge in [-0.25, -0.2) is 4.98 Å². The Labute approximate surface area is 194 Å². The minimum Gasteiger partial charge on any atom is -0.296 e. The predicted octanol–water partition coefficient (Wildman–Crippen LogP) is 6.16. The minimum atomic E-state index is -0.0371. The second-order valence-electron chi connectivity index (χ2n) is 8.02. The Kier molecular flexibility index (Phi) is 5.49. The van der Waals surface area contributed by atoms with Crippen LogP contribution in [0.1, 0.15) is 36.6 Å². The van der Waals surface area contributed by atoms with Crippen molar-refractivity contribution in [2.45, 2.75) is 44.3 Å². The van der Waals surface area contributed by atoms with Crippen LogP contribution >= 0.6 is 46.4 Å². The summed E-state index contributed by atoms with van der Waals surface area (Å²) >= 11 is 24.8. The molecule has 8 heteroatoms. The van der Waals surface area contributed by atoms with Crippen molar-refractivity contribution in [2.75, 3.05) is 6.54 Å². The molecule has 5 rings (SSSR count). The van der Waals surface area contributed by atoms with Crippen molar-refractivity contribution in [1.29, 1.82) is 0 Å². The highest BCUT2D eigenvalue weighted by Crippen LogP contribution is 2.38. The number of hydrogen-bond donors (Lipinski definition) is 0. The van der Waals surface area contributed by atoms with E-state index >= 15 is 0 Å². The maximum atomic E-state index is 13.1. The van der Waals surface area contributed by atoms with Crippen LogP contribution in [0.5, 0.6) is 0 Å². The first-order valence-electron chi connectivity index (χ1n) is 10.00. The van der Waals surface area contributed by atoms with E-state index in [-0.39, 0.29) is 11.5 Å². The van der Waals surface area contributed by atoms with Gasteiger partial charge < -0.3 is 0 Å². The van der Waals surface area contributed by atoms with Crippen molar-refractivity contribution >= 4 is 57.3 Å². The third-order valence-corrected chi connectivity index (χ3v) is 7.60. The standard InChI is InChI=1S/C22H19Cl4N3O/c23-13-4-3-12(16(24)8-13)11-28-6-1-2-14-20(28)5-7-29-21(14)27-19-10-18(26)17(25)9-15(19)22(29)30/h3-4,8-10,14,20H,1-2,5-7,11H2/t14-,20+/m0/s1. The van der Waals surface area contributed by atoms with Gasteiger partial charge in [0.25, 0.3) is 5.56 Å². The summed E-state index contributed by atoms with van der Waals surface area (Å²) in [6, 6.07) is 9.30. The highest BCUT2D eigenvalue weighted by Gasteiger charge is 2.38. The first-order valence-corrected chi connectivity index (χ1v) is 11.5. The van der Waals surface area contributed by atoms with Gasteiger partial charge in [0, 0.05) is 35.1 Å². The fourth-order valence-corrected chi connectivity index (χ4v) is 5.66. The fourth-order valence-electron chi connectivity index (χ4n) is 4.87. The van der Waals surface area contributed by atoms with E-state index in [0.29, 0.717) is 43.6 Å². The number of aromatic nitrogens is 2. The Balaban J connectivity index is 1.52. The number of benzene rings is 2. The molecule has 0 saturated carbocycles. The van der Waals surface area contributed by atoms with E-state index < -0.39 is 0 Å². The maximum absolute atomic E-state index is 13.1. The van der Waals surface area contributed by atoms with Gasteiger partial charge in [-0.15, -0.1) is 0 Å². The molecule has 30 heavy (non-hydrogen) atoms. The lowest BCUT2D eigenvalue weighted by Crippen LogP contribution is -2.49. The van der Waals surface area contributed by atoms with E-state index in [4.69, 9.17) is 51.4 Å². The molecule has 4 nitrogen and oxygen atoms in total. The number of piperidine rings is 1. The van der Waals surface area contributed by atoms with Gasteiger partial charge in [-0.2, -0.15) is 0 Å². The summed E-state index contributed by atoms with van der Waals surface area (Å²) in [6.45, 7) is 2.40. The summed E-state index contributed by atoms with van der Waals surface area (Å²) in [7, 11) is 0. The van der Waals surface area contributed by atoms with E-state index in [1.54, 1.807) is 18.2 Å². The van der Waals surface area contributed by atoms with Crippen molar-refractivity contribution < 1.29 is 0 Å². The van der Waals surface area contributed by atoms with E-state index in [2.05, 4.69) is 4.90 Å². The van der Waals surface area contributed by atoms with Gasteiger partial charge in [0.1, 0.15) is 5.82 Å². The molecule has 156 valence electrons. The van der Waals surface area contributed by atoms with Crippen LogP contribution < -0.4 is 5.56 Å². The maximum Gasteiger partial charge on any atom is 0.261 e. The Morgan fingerprint density at radius 2 is 1.77 bits per heavy atom. The zero-order valence-corrected chi connectivity index (χ0v) is 19.1. The zero-order valence-electron chi connectivity index (χ0n) is 16.0. The molecular weight excluding hydrogens is 464 g/mol. The third kappa shape index (κ3) is 3.53. The van der Waals surface area contributed by atoms with Crippen molar-refractivity contribution in [1.82, 2.24) is 14.5 Å². The summed E-state index contributed by atoms with van der Waals surface area (Å²) in [5.74, 6) is 1.05. The average Bonchev–Trinajstić information content (AvgIpc) is 2.72. The van der Waals surface area contributed by atoms with Gasteiger partial charge in [-0.3, -0.25) is 14.3 Å². The Morgan fingerprint density at radius 3 is 2.57 bits per heavy atom. The normalized spacial score (nSPS) is 21.5. The molecule has 2 aliphatic rings. The van der Waals surface area contributed by atoms with E-state index in [1.807, 2.05) is 16.7 Å². The number of hydrogen-bond acceptors (Lipinski definition) is 3. The summed E-state index contributed by atoms with van der Waals surface area (Å²) in [5, 5.41) is 2.64. The Morgan fingerprint density at radius 1 is 0.967 bits per heavy atom. The van der Waals surface area contributed by atoms with Crippen molar-refractivity contribution in [3.8, 4) is 0 Å². The van der Waals surface area contributed by atoms with Crippen LogP contribution in [0.3, 0.4) is 0 Å². The lowest BCUT2D eigenvalue weighted by molar-refractivity contribution is 0.0889. The third-order valence-electron chi connectivity index (χ3n) is 6.29.